The van der Waals surface area contributed by atoms with E-state index in [0.717, 1.165) is 27.9 Å². The molecule has 0 saturated carbocycles. The summed E-state index contributed by atoms with van der Waals surface area (Å²) in [7, 11) is 0. The molecule has 0 aliphatic rings. The lowest BCUT2D eigenvalue weighted by Gasteiger charge is -2.05. The average Bonchev–Trinajstić information content (AvgIpc) is 2.37. The fourth-order valence-corrected chi connectivity index (χ4v) is 2.25. The molecule has 0 spiro atoms. The smallest absolute Gasteiger partial charge is 0.127 e. The molecule has 0 aliphatic carbocycles. The van der Waals surface area contributed by atoms with Gasteiger partial charge in [0.1, 0.15) is 10.9 Å². The molecule has 4 heteroatoms. The number of hydrogen-bond acceptors (Lipinski definition) is 4. The molecule has 0 bridgehead atoms. The van der Waals surface area contributed by atoms with Crippen LogP contribution in [0.3, 0.4) is 0 Å². The Balaban J connectivity index is 2.32. The Morgan fingerprint density at radius 1 is 1.18 bits per heavy atom. The summed E-state index contributed by atoms with van der Waals surface area (Å²) in [5.41, 5.74) is 7.59. The number of benzene rings is 1. The number of nitrogens with zero attached hydrogens (tertiary/aromatic N) is 2. The van der Waals surface area contributed by atoms with Gasteiger partial charge < -0.3 is 5.73 Å². The lowest BCUT2D eigenvalue weighted by molar-refractivity contribution is 0.971. The molecule has 0 fully saturated rings. The van der Waals surface area contributed by atoms with E-state index in [-0.39, 0.29) is 0 Å². The summed E-state index contributed by atoms with van der Waals surface area (Å²) in [6, 6.07) is 12.2. The topological polar surface area (TPSA) is 51.8 Å². The van der Waals surface area contributed by atoms with Gasteiger partial charge in [0.2, 0.25) is 0 Å². The first-order chi connectivity index (χ1) is 8.29. The standard InChI is InChI=1S/C13H15N3S/c1-10-15-12(11-5-3-2-4-6-11)9-13(16-10)17-8-7-14/h2-6,9H,7-8,14H2,1H3. The average molecular weight is 245 g/mol. The highest BCUT2D eigenvalue weighted by atomic mass is 32.2. The number of aryl methyl sites for hydroxylation is 1. The van der Waals surface area contributed by atoms with E-state index in [9.17, 15) is 0 Å². The lowest BCUT2D eigenvalue weighted by atomic mass is 10.1. The maximum absolute atomic E-state index is 5.50. The molecule has 0 amide bonds. The predicted molar refractivity (Wildman–Crippen MR) is 72.0 cm³/mol. The second-order valence-corrected chi connectivity index (χ2v) is 4.76. The van der Waals surface area contributed by atoms with Crippen molar-refractivity contribution in [3.8, 4) is 11.3 Å². The van der Waals surface area contributed by atoms with Crippen LogP contribution in [0.15, 0.2) is 41.4 Å². The molecule has 0 saturated heterocycles. The second-order valence-electron chi connectivity index (χ2n) is 3.64. The molecule has 0 unspecified atom stereocenters. The molecular weight excluding hydrogens is 230 g/mol. The Morgan fingerprint density at radius 2 is 1.94 bits per heavy atom. The van der Waals surface area contributed by atoms with E-state index in [1.807, 2.05) is 31.2 Å². The van der Waals surface area contributed by atoms with Crippen molar-refractivity contribution < 1.29 is 0 Å². The van der Waals surface area contributed by atoms with Gasteiger partial charge in [0.25, 0.3) is 0 Å². The van der Waals surface area contributed by atoms with Crippen molar-refractivity contribution in [2.75, 3.05) is 12.3 Å². The van der Waals surface area contributed by atoms with E-state index in [1.54, 1.807) is 11.8 Å². The molecule has 1 aromatic heterocycles. The summed E-state index contributed by atoms with van der Waals surface area (Å²) in [6.45, 7) is 2.58. The van der Waals surface area contributed by atoms with E-state index in [2.05, 4.69) is 22.1 Å². The summed E-state index contributed by atoms with van der Waals surface area (Å²) in [5, 5.41) is 0.988. The Bertz CT molecular complexity index is 485. The quantitative estimate of drug-likeness (QED) is 0.664. The number of thioether (sulfide) groups is 1. The van der Waals surface area contributed by atoms with Crippen LogP contribution in [0.2, 0.25) is 0 Å². The van der Waals surface area contributed by atoms with Crippen LogP contribution in [0.1, 0.15) is 5.82 Å². The molecule has 2 N–H and O–H groups in total. The Hall–Kier alpha value is -1.39. The van der Waals surface area contributed by atoms with Crippen molar-refractivity contribution in [3.63, 3.8) is 0 Å². The summed E-state index contributed by atoms with van der Waals surface area (Å²) in [4.78, 5) is 8.85. The number of hydrogen-bond donors (Lipinski definition) is 1. The van der Waals surface area contributed by atoms with Crippen LogP contribution in [0.5, 0.6) is 0 Å². The third kappa shape index (κ3) is 3.28. The zero-order valence-corrected chi connectivity index (χ0v) is 10.6. The van der Waals surface area contributed by atoms with Crippen molar-refractivity contribution in [2.24, 2.45) is 5.73 Å². The highest BCUT2D eigenvalue weighted by Gasteiger charge is 2.04. The summed E-state index contributed by atoms with van der Waals surface area (Å²) in [6.07, 6.45) is 0. The van der Waals surface area contributed by atoms with Gasteiger partial charge in [-0.05, 0) is 13.0 Å². The zero-order chi connectivity index (χ0) is 12.1. The van der Waals surface area contributed by atoms with Gasteiger partial charge in [0, 0.05) is 17.9 Å². The summed E-state index contributed by atoms with van der Waals surface area (Å²) >= 11 is 1.67. The molecule has 2 rings (SSSR count). The van der Waals surface area contributed by atoms with Crippen molar-refractivity contribution in [2.45, 2.75) is 11.9 Å². The highest BCUT2D eigenvalue weighted by molar-refractivity contribution is 7.99. The maximum atomic E-state index is 5.50. The fraction of sp³-hybridized carbons (Fsp3) is 0.231. The lowest BCUT2D eigenvalue weighted by Crippen LogP contribution is -2.02. The van der Waals surface area contributed by atoms with Gasteiger partial charge in [-0.15, -0.1) is 11.8 Å². The first kappa shape index (κ1) is 12.1. The van der Waals surface area contributed by atoms with E-state index in [1.165, 1.54) is 0 Å². The van der Waals surface area contributed by atoms with E-state index in [4.69, 9.17) is 5.73 Å². The normalized spacial score (nSPS) is 10.5. The number of nitrogens with two attached hydrogens (primary N) is 1. The second kappa shape index (κ2) is 5.80. The SMILES string of the molecule is Cc1nc(SCCN)cc(-c2ccccc2)n1. The molecule has 1 aromatic carbocycles. The first-order valence-electron chi connectivity index (χ1n) is 5.53. The molecule has 17 heavy (non-hydrogen) atoms. The Morgan fingerprint density at radius 3 is 2.65 bits per heavy atom. The Labute approximate surface area is 105 Å². The monoisotopic (exact) mass is 245 g/mol. The third-order valence-electron chi connectivity index (χ3n) is 2.25. The molecule has 0 radical (unpaired) electrons. The third-order valence-corrected chi connectivity index (χ3v) is 3.20. The fourth-order valence-electron chi connectivity index (χ4n) is 1.53. The van der Waals surface area contributed by atoms with Gasteiger partial charge in [-0.3, -0.25) is 0 Å². The highest BCUT2D eigenvalue weighted by Crippen LogP contribution is 2.22. The van der Waals surface area contributed by atoms with Crippen molar-refractivity contribution in [1.82, 2.24) is 9.97 Å². The minimum Gasteiger partial charge on any atom is -0.330 e. The minimum absolute atomic E-state index is 0.661. The molecule has 1 heterocycles. The zero-order valence-electron chi connectivity index (χ0n) is 9.76. The van der Waals surface area contributed by atoms with Gasteiger partial charge in [0.15, 0.2) is 0 Å². The van der Waals surface area contributed by atoms with Crippen molar-refractivity contribution in [3.05, 3.63) is 42.2 Å². The van der Waals surface area contributed by atoms with Crippen molar-refractivity contribution in [1.29, 1.82) is 0 Å². The minimum atomic E-state index is 0.661. The predicted octanol–water partition coefficient (Wildman–Crippen LogP) is 2.50. The van der Waals surface area contributed by atoms with Crippen LogP contribution >= 0.6 is 11.8 Å². The van der Waals surface area contributed by atoms with Crippen LogP contribution < -0.4 is 5.73 Å². The number of aromatic nitrogens is 2. The van der Waals surface area contributed by atoms with Gasteiger partial charge >= 0.3 is 0 Å². The summed E-state index contributed by atoms with van der Waals surface area (Å²) < 4.78 is 0. The number of rotatable bonds is 4. The van der Waals surface area contributed by atoms with E-state index >= 15 is 0 Å². The largest absolute Gasteiger partial charge is 0.330 e. The first-order valence-corrected chi connectivity index (χ1v) is 6.52. The van der Waals surface area contributed by atoms with Crippen LogP contribution in [0.25, 0.3) is 11.3 Å². The van der Waals surface area contributed by atoms with E-state index < -0.39 is 0 Å². The maximum Gasteiger partial charge on any atom is 0.127 e. The van der Waals surface area contributed by atoms with Gasteiger partial charge in [-0.25, -0.2) is 9.97 Å². The van der Waals surface area contributed by atoms with Crippen LogP contribution in [-0.2, 0) is 0 Å². The summed E-state index contributed by atoms with van der Waals surface area (Å²) in [5.74, 6) is 1.68. The molecule has 0 aliphatic heterocycles. The van der Waals surface area contributed by atoms with Crippen LogP contribution in [0, 0.1) is 6.92 Å². The molecule has 3 nitrogen and oxygen atoms in total. The van der Waals surface area contributed by atoms with E-state index in [0.29, 0.717) is 6.54 Å². The molecular formula is C13H15N3S. The van der Waals surface area contributed by atoms with Gasteiger partial charge in [0.05, 0.1) is 5.69 Å². The van der Waals surface area contributed by atoms with Crippen LogP contribution in [0.4, 0.5) is 0 Å². The molecule has 0 atom stereocenters. The Kier molecular flexibility index (Phi) is 4.12. The van der Waals surface area contributed by atoms with Gasteiger partial charge in [-0.1, -0.05) is 30.3 Å². The van der Waals surface area contributed by atoms with Gasteiger partial charge in [-0.2, -0.15) is 0 Å². The molecule has 2 aromatic rings. The van der Waals surface area contributed by atoms with Crippen molar-refractivity contribution >= 4 is 11.8 Å². The van der Waals surface area contributed by atoms with Crippen LogP contribution in [-0.4, -0.2) is 22.3 Å². The molecule has 88 valence electrons.